The Morgan fingerprint density at radius 2 is 2.17 bits per heavy atom. The lowest BCUT2D eigenvalue weighted by Gasteiger charge is -2.22. The summed E-state index contributed by atoms with van der Waals surface area (Å²) in [6.07, 6.45) is 2.08. The molecule has 0 spiro atoms. The van der Waals surface area contributed by atoms with Gasteiger partial charge in [-0.3, -0.25) is 4.57 Å². The molecule has 96 valence electrons. The van der Waals surface area contributed by atoms with Crippen molar-refractivity contribution in [3.05, 3.63) is 34.2 Å². The summed E-state index contributed by atoms with van der Waals surface area (Å²) in [7, 11) is 0. The van der Waals surface area contributed by atoms with Gasteiger partial charge in [0, 0.05) is 19.8 Å². The molecule has 1 aromatic heterocycles. The highest BCUT2D eigenvalue weighted by atomic mass is 16.5. The van der Waals surface area contributed by atoms with Crippen LogP contribution < -0.4 is 5.69 Å². The number of H-pyrrole nitrogens is 1. The molecule has 1 aliphatic rings. The number of para-hydroxylation sites is 1. The summed E-state index contributed by atoms with van der Waals surface area (Å²) >= 11 is 0. The molecule has 0 amide bonds. The van der Waals surface area contributed by atoms with Crippen molar-refractivity contribution in [3.63, 3.8) is 0 Å². The Hall–Kier alpha value is -1.55. The van der Waals surface area contributed by atoms with E-state index in [-0.39, 0.29) is 5.69 Å². The third-order valence-electron chi connectivity index (χ3n) is 3.82. The zero-order chi connectivity index (χ0) is 12.5. The molecule has 2 aromatic rings. The molecule has 0 unspecified atom stereocenters. The molecule has 3 rings (SSSR count). The van der Waals surface area contributed by atoms with Gasteiger partial charge in [-0.15, -0.1) is 0 Å². The quantitative estimate of drug-likeness (QED) is 0.883. The third kappa shape index (κ3) is 1.77. The van der Waals surface area contributed by atoms with Gasteiger partial charge >= 0.3 is 5.69 Å². The monoisotopic (exact) mass is 246 g/mol. The van der Waals surface area contributed by atoms with Gasteiger partial charge in [-0.25, -0.2) is 4.79 Å². The Kier molecular flexibility index (Phi) is 2.96. The molecule has 0 saturated carbocycles. The van der Waals surface area contributed by atoms with Gasteiger partial charge in [-0.1, -0.05) is 12.1 Å². The zero-order valence-electron chi connectivity index (χ0n) is 10.6. The van der Waals surface area contributed by atoms with Crippen LogP contribution in [0.1, 0.15) is 31.2 Å². The fraction of sp³-hybridized carbons (Fsp3) is 0.500. The molecular weight excluding hydrogens is 228 g/mol. The van der Waals surface area contributed by atoms with E-state index in [9.17, 15) is 4.79 Å². The summed E-state index contributed by atoms with van der Waals surface area (Å²) in [6, 6.07) is 6.19. The van der Waals surface area contributed by atoms with Crippen molar-refractivity contribution in [1.82, 2.24) is 9.55 Å². The van der Waals surface area contributed by atoms with Crippen LogP contribution in [-0.2, 0) is 11.3 Å². The fourth-order valence-corrected chi connectivity index (χ4v) is 2.87. The van der Waals surface area contributed by atoms with Crippen molar-refractivity contribution >= 4 is 11.0 Å². The van der Waals surface area contributed by atoms with E-state index in [1.165, 1.54) is 5.56 Å². The summed E-state index contributed by atoms with van der Waals surface area (Å²) in [5, 5.41) is 0. The second-order valence-electron chi connectivity index (χ2n) is 4.80. The maximum Gasteiger partial charge on any atom is 0.326 e. The van der Waals surface area contributed by atoms with Crippen LogP contribution in [0.5, 0.6) is 0 Å². The summed E-state index contributed by atoms with van der Waals surface area (Å²) in [5.74, 6) is 0.505. The van der Waals surface area contributed by atoms with E-state index in [0.717, 1.165) is 37.1 Å². The number of nitrogens with one attached hydrogen (secondary N) is 1. The van der Waals surface area contributed by atoms with Crippen LogP contribution in [0.4, 0.5) is 0 Å². The summed E-state index contributed by atoms with van der Waals surface area (Å²) in [5.41, 5.74) is 3.29. The average Bonchev–Trinajstić information content (AvgIpc) is 2.74. The minimum absolute atomic E-state index is 0.00740. The Morgan fingerprint density at radius 1 is 1.39 bits per heavy atom. The van der Waals surface area contributed by atoms with Crippen LogP contribution in [0.15, 0.2) is 23.0 Å². The largest absolute Gasteiger partial charge is 0.381 e. The number of imidazole rings is 1. The highest BCUT2D eigenvalue weighted by Gasteiger charge is 2.19. The van der Waals surface area contributed by atoms with Crippen LogP contribution in [0.3, 0.4) is 0 Å². The Bertz CT molecular complexity index is 606. The van der Waals surface area contributed by atoms with Crippen LogP contribution in [0, 0.1) is 0 Å². The van der Waals surface area contributed by atoms with Crippen LogP contribution in [0.2, 0.25) is 0 Å². The molecule has 1 fully saturated rings. The Balaban J connectivity index is 2.14. The molecule has 1 saturated heterocycles. The van der Waals surface area contributed by atoms with Crippen LogP contribution in [-0.4, -0.2) is 22.8 Å². The molecule has 1 N–H and O–H groups in total. The molecule has 1 aromatic carbocycles. The molecule has 2 heterocycles. The van der Waals surface area contributed by atoms with Gasteiger partial charge in [-0.2, -0.15) is 0 Å². The van der Waals surface area contributed by atoms with Crippen LogP contribution >= 0.6 is 0 Å². The second-order valence-corrected chi connectivity index (χ2v) is 4.80. The molecule has 18 heavy (non-hydrogen) atoms. The first-order valence-electron chi connectivity index (χ1n) is 6.60. The predicted octanol–water partition coefficient (Wildman–Crippen LogP) is 2.24. The van der Waals surface area contributed by atoms with Gasteiger partial charge in [0.1, 0.15) is 0 Å². The van der Waals surface area contributed by atoms with Gasteiger partial charge in [0.25, 0.3) is 0 Å². The minimum Gasteiger partial charge on any atom is -0.381 e. The lowest BCUT2D eigenvalue weighted by atomic mass is 9.91. The number of hydrogen-bond acceptors (Lipinski definition) is 2. The lowest BCUT2D eigenvalue weighted by molar-refractivity contribution is 0.0856. The van der Waals surface area contributed by atoms with E-state index in [4.69, 9.17) is 4.74 Å². The standard InChI is InChI=1S/C14H18N2O2/c1-2-16-12-5-3-4-11(13(12)15-14(16)17)10-6-8-18-9-7-10/h3-5,10H,2,6-9H2,1H3,(H,15,17). The number of ether oxygens (including phenoxy) is 1. The predicted molar refractivity (Wildman–Crippen MR) is 71.0 cm³/mol. The van der Waals surface area contributed by atoms with Crippen molar-refractivity contribution in [2.45, 2.75) is 32.2 Å². The molecule has 0 aliphatic carbocycles. The van der Waals surface area contributed by atoms with Crippen molar-refractivity contribution in [1.29, 1.82) is 0 Å². The van der Waals surface area contributed by atoms with Crippen molar-refractivity contribution < 1.29 is 4.74 Å². The van der Waals surface area contributed by atoms with E-state index >= 15 is 0 Å². The number of nitrogens with zero attached hydrogens (tertiary/aromatic N) is 1. The lowest BCUT2D eigenvalue weighted by Crippen LogP contribution is -2.15. The average molecular weight is 246 g/mol. The number of fused-ring (bicyclic) bond motifs is 1. The first-order chi connectivity index (χ1) is 8.81. The number of aryl methyl sites for hydroxylation is 1. The maximum atomic E-state index is 11.9. The van der Waals surface area contributed by atoms with E-state index in [1.54, 1.807) is 4.57 Å². The fourth-order valence-electron chi connectivity index (χ4n) is 2.87. The first kappa shape index (κ1) is 11.5. The smallest absolute Gasteiger partial charge is 0.326 e. The molecular formula is C14H18N2O2. The molecule has 4 nitrogen and oxygen atoms in total. The van der Waals surface area contributed by atoms with Gasteiger partial charge < -0.3 is 9.72 Å². The first-order valence-corrected chi connectivity index (χ1v) is 6.60. The van der Waals surface area contributed by atoms with E-state index in [0.29, 0.717) is 12.5 Å². The highest BCUT2D eigenvalue weighted by molar-refractivity contribution is 5.79. The minimum atomic E-state index is -0.00740. The number of hydrogen-bond donors (Lipinski definition) is 1. The van der Waals surface area contributed by atoms with Gasteiger partial charge in [0.15, 0.2) is 0 Å². The molecule has 1 aliphatic heterocycles. The van der Waals surface area contributed by atoms with Gasteiger partial charge in [-0.05, 0) is 37.3 Å². The summed E-state index contributed by atoms with van der Waals surface area (Å²) in [4.78, 5) is 14.9. The summed E-state index contributed by atoms with van der Waals surface area (Å²) in [6.45, 7) is 4.34. The number of benzene rings is 1. The number of aromatic nitrogens is 2. The number of aromatic amines is 1. The maximum absolute atomic E-state index is 11.9. The second kappa shape index (κ2) is 4.61. The van der Waals surface area contributed by atoms with E-state index < -0.39 is 0 Å². The zero-order valence-corrected chi connectivity index (χ0v) is 10.6. The topological polar surface area (TPSA) is 47.0 Å². The third-order valence-corrected chi connectivity index (χ3v) is 3.82. The summed E-state index contributed by atoms with van der Waals surface area (Å²) < 4.78 is 7.20. The molecule has 4 heteroatoms. The van der Waals surface area contributed by atoms with E-state index in [2.05, 4.69) is 11.1 Å². The Labute approximate surface area is 106 Å². The SMILES string of the molecule is CCn1c(=O)[nH]c2c(C3CCOCC3)cccc21. The van der Waals surface area contributed by atoms with Crippen molar-refractivity contribution in [3.8, 4) is 0 Å². The van der Waals surface area contributed by atoms with Gasteiger partial charge in [0.2, 0.25) is 0 Å². The van der Waals surface area contributed by atoms with Gasteiger partial charge in [0.05, 0.1) is 11.0 Å². The number of rotatable bonds is 2. The normalized spacial score (nSPS) is 17.4. The van der Waals surface area contributed by atoms with E-state index in [1.807, 2.05) is 19.1 Å². The Morgan fingerprint density at radius 3 is 2.89 bits per heavy atom. The molecule has 0 atom stereocenters. The van der Waals surface area contributed by atoms with Crippen LogP contribution in [0.25, 0.3) is 11.0 Å². The van der Waals surface area contributed by atoms with Crippen molar-refractivity contribution in [2.75, 3.05) is 13.2 Å². The van der Waals surface area contributed by atoms with Crippen molar-refractivity contribution in [2.24, 2.45) is 0 Å². The molecule has 0 bridgehead atoms. The molecule has 0 radical (unpaired) electrons. The highest BCUT2D eigenvalue weighted by Crippen LogP contribution is 2.31.